The summed E-state index contributed by atoms with van der Waals surface area (Å²) < 4.78 is 17.6. The van der Waals surface area contributed by atoms with E-state index in [4.69, 9.17) is 14.2 Å². The number of hydrazone groups is 1. The number of hydrogen-bond acceptors (Lipinski definition) is 7. The smallest absolute Gasteiger partial charge is 0.329 e. The second-order valence-electron chi connectivity index (χ2n) is 9.04. The summed E-state index contributed by atoms with van der Waals surface area (Å²) in [5.41, 5.74) is 5.81. The molecule has 0 radical (unpaired) electrons. The molecule has 0 heterocycles. The van der Waals surface area contributed by atoms with Gasteiger partial charge < -0.3 is 24.8 Å². The molecule has 3 N–H and O–H groups in total. The average molecular weight is 626 g/mol. The molecule has 3 rings (SSSR count). The van der Waals surface area contributed by atoms with Crippen molar-refractivity contribution in [3.63, 3.8) is 0 Å². The molecule has 3 aromatic carbocycles. The van der Waals surface area contributed by atoms with Crippen molar-refractivity contribution < 1.29 is 28.6 Å². The Morgan fingerprint density at radius 3 is 2.27 bits per heavy atom. The number of benzene rings is 3. The highest BCUT2D eigenvalue weighted by atomic mass is 79.9. The first-order valence-corrected chi connectivity index (χ1v) is 13.7. The normalized spacial score (nSPS) is 10.7. The van der Waals surface area contributed by atoms with Crippen LogP contribution in [0.25, 0.3) is 0 Å². The fourth-order valence-electron chi connectivity index (χ4n) is 3.68. The fraction of sp³-hybridized carbons (Fsp3) is 0.267. The fourth-order valence-corrected chi connectivity index (χ4v) is 4.37. The molecule has 0 aromatic heterocycles. The number of carbonyl (C=O) groups excluding carboxylic acids is 3. The summed E-state index contributed by atoms with van der Waals surface area (Å²) in [5, 5.41) is 9.22. The number of nitrogens with zero attached hydrogens (tertiary/aromatic N) is 1. The Morgan fingerprint density at radius 1 is 0.902 bits per heavy atom. The lowest BCUT2D eigenvalue weighted by Gasteiger charge is -2.14. The highest BCUT2D eigenvalue weighted by Crippen LogP contribution is 2.28. The standard InChI is InChI=1S/C30H33BrN4O6/c1-5-6-13-40-24-10-8-23(9-11-24)33-29(37)30(38)35-32-17-21-7-12-25(26(16-21)39-4)41-18-27(36)34-28-19(2)14-22(31)15-20(28)3/h7-12,14-17H,5-6,13,18H2,1-4H3,(H,33,37)(H,34,36)(H,35,38)/b32-17-. The molecule has 3 amide bonds. The molecule has 0 fully saturated rings. The zero-order valence-corrected chi connectivity index (χ0v) is 25.0. The summed E-state index contributed by atoms with van der Waals surface area (Å²) in [6, 6.07) is 15.5. The van der Waals surface area contributed by atoms with Crippen molar-refractivity contribution in [2.45, 2.75) is 33.6 Å². The average Bonchev–Trinajstić information content (AvgIpc) is 2.95. The number of nitrogens with one attached hydrogen (secondary N) is 3. The van der Waals surface area contributed by atoms with Crippen LogP contribution in [0.2, 0.25) is 0 Å². The van der Waals surface area contributed by atoms with Crippen LogP contribution in [0.4, 0.5) is 11.4 Å². The monoisotopic (exact) mass is 624 g/mol. The summed E-state index contributed by atoms with van der Waals surface area (Å²) >= 11 is 3.44. The van der Waals surface area contributed by atoms with E-state index in [-0.39, 0.29) is 12.5 Å². The molecule has 41 heavy (non-hydrogen) atoms. The molecule has 0 aliphatic heterocycles. The Kier molecular flexibility index (Phi) is 11.7. The van der Waals surface area contributed by atoms with Crippen LogP contribution in [0, 0.1) is 13.8 Å². The molecule has 0 spiro atoms. The van der Waals surface area contributed by atoms with Crippen LogP contribution in [-0.2, 0) is 14.4 Å². The van der Waals surface area contributed by atoms with Crippen LogP contribution in [0.15, 0.2) is 64.2 Å². The number of aryl methyl sites for hydroxylation is 2. The molecule has 0 saturated heterocycles. The lowest BCUT2D eigenvalue weighted by molar-refractivity contribution is -0.136. The van der Waals surface area contributed by atoms with Gasteiger partial charge in [-0.05, 0) is 91.6 Å². The number of anilines is 2. The molecular weight excluding hydrogens is 592 g/mol. The molecule has 0 saturated carbocycles. The van der Waals surface area contributed by atoms with Crippen molar-refractivity contribution >= 4 is 51.2 Å². The van der Waals surface area contributed by atoms with Crippen molar-refractivity contribution in [2.75, 3.05) is 31.0 Å². The molecule has 3 aromatic rings. The Morgan fingerprint density at radius 2 is 1.61 bits per heavy atom. The first-order valence-electron chi connectivity index (χ1n) is 12.9. The predicted octanol–water partition coefficient (Wildman–Crippen LogP) is 5.36. The summed E-state index contributed by atoms with van der Waals surface area (Å²) in [6.07, 6.45) is 3.34. The third kappa shape index (κ3) is 9.64. The van der Waals surface area contributed by atoms with Crippen molar-refractivity contribution in [3.05, 3.63) is 75.8 Å². The van der Waals surface area contributed by atoms with Crippen LogP contribution in [0.3, 0.4) is 0 Å². The predicted molar refractivity (Wildman–Crippen MR) is 162 cm³/mol. The van der Waals surface area contributed by atoms with E-state index >= 15 is 0 Å². The van der Waals surface area contributed by atoms with Crippen LogP contribution >= 0.6 is 15.9 Å². The van der Waals surface area contributed by atoms with Crippen molar-refractivity contribution in [1.82, 2.24) is 5.43 Å². The van der Waals surface area contributed by atoms with E-state index in [1.807, 2.05) is 26.0 Å². The topological polar surface area (TPSA) is 127 Å². The van der Waals surface area contributed by atoms with Gasteiger partial charge in [0.15, 0.2) is 18.1 Å². The van der Waals surface area contributed by atoms with E-state index in [9.17, 15) is 14.4 Å². The van der Waals surface area contributed by atoms with Gasteiger partial charge in [0.2, 0.25) is 0 Å². The Labute approximate surface area is 247 Å². The van der Waals surface area contributed by atoms with Gasteiger partial charge >= 0.3 is 11.8 Å². The van der Waals surface area contributed by atoms with Gasteiger partial charge in [0.1, 0.15) is 5.75 Å². The summed E-state index contributed by atoms with van der Waals surface area (Å²) in [6.45, 7) is 6.30. The van der Waals surface area contributed by atoms with Gasteiger partial charge in [-0.1, -0.05) is 29.3 Å². The van der Waals surface area contributed by atoms with E-state index in [2.05, 4.69) is 44.0 Å². The number of amides is 3. The molecule has 216 valence electrons. The third-order valence-electron chi connectivity index (χ3n) is 5.77. The van der Waals surface area contributed by atoms with Gasteiger partial charge in [-0.2, -0.15) is 5.10 Å². The van der Waals surface area contributed by atoms with E-state index in [1.165, 1.54) is 13.3 Å². The van der Waals surface area contributed by atoms with E-state index in [0.29, 0.717) is 35.1 Å². The molecule has 11 heteroatoms. The van der Waals surface area contributed by atoms with Gasteiger partial charge in [-0.25, -0.2) is 5.43 Å². The zero-order valence-electron chi connectivity index (χ0n) is 23.4. The van der Waals surface area contributed by atoms with Crippen LogP contribution in [-0.4, -0.2) is 44.3 Å². The SMILES string of the molecule is CCCCOc1ccc(NC(=O)C(=O)N/N=C\c2ccc(OCC(=O)Nc3c(C)cc(Br)cc3C)c(OC)c2)cc1. The number of carbonyl (C=O) groups is 3. The molecule has 0 bridgehead atoms. The van der Waals surface area contributed by atoms with E-state index < -0.39 is 11.8 Å². The first kappa shape index (κ1) is 31.2. The molecule has 0 aliphatic carbocycles. The zero-order chi connectivity index (χ0) is 29.8. The van der Waals surface area contributed by atoms with Crippen LogP contribution in [0.1, 0.15) is 36.5 Å². The van der Waals surface area contributed by atoms with Gasteiger partial charge in [-0.15, -0.1) is 0 Å². The van der Waals surface area contributed by atoms with E-state index in [0.717, 1.165) is 34.1 Å². The highest BCUT2D eigenvalue weighted by Gasteiger charge is 2.14. The maximum absolute atomic E-state index is 12.5. The number of methoxy groups -OCH3 is 1. The Hall–Kier alpha value is -4.38. The molecule has 10 nitrogen and oxygen atoms in total. The maximum atomic E-state index is 12.5. The minimum absolute atomic E-state index is 0.224. The Balaban J connectivity index is 1.50. The summed E-state index contributed by atoms with van der Waals surface area (Å²) in [4.78, 5) is 36.8. The summed E-state index contributed by atoms with van der Waals surface area (Å²) in [7, 11) is 1.47. The van der Waals surface area contributed by atoms with E-state index in [1.54, 1.807) is 42.5 Å². The van der Waals surface area contributed by atoms with Gasteiger partial charge in [-0.3, -0.25) is 14.4 Å². The number of rotatable bonds is 12. The number of halogens is 1. The molecule has 0 unspecified atom stereocenters. The molecular formula is C30H33BrN4O6. The number of ether oxygens (including phenoxy) is 3. The number of unbranched alkanes of at least 4 members (excludes halogenated alkanes) is 1. The lowest BCUT2D eigenvalue weighted by Crippen LogP contribution is -2.32. The Bertz CT molecular complexity index is 1390. The molecule has 0 atom stereocenters. The minimum Gasteiger partial charge on any atom is -0.494 e. The van der Waals surface area contributed by atoms with Gasteiger partial charge in [0, 0.05) is 15.8 Å². The highest BCUT2D eigenvalue weighted by molar-refractivity contribution is 9.10. The van der Waals surface area contributed by atoms with Crippen molar-refractivity contribution in [1.29, 1.82) is 0 Å². The van der Waals surface area contributed by atoms with Crippen LogP contribution in [0.5, 0.6) is 17.2 Å². The third-order valence-corrected chi connectivity index (χ3v) is 6.23. The lowest BCUT2D eigenvalue weighted by atomic mass is 10.1. The molecule has 0 aliphatic rings. The second kappa shape index (κ2) is 15.4. The van der Waals surface area contributed by atoms with Gasteiger partial charge in [0.05, 0.1) is 19.9 Å². The largest absolute Gasteiger partial charge is 0.494 e. The quantitative estimate of drug-likeness (QED) is 0.108. The van der Waals surface area contributed by atoms with Crippen molar-refractivity contribution in [2.24, 2.45) is 5.10 Å². The first-order chi connectivity index (χ1) is 19.7. The van der Waals surface area contributed by atoms with Crippen molar-refractivity contribution in [3.8, 4) is 17.2 Å². The maximum Gasteiger partial charge on any atom is 0.329 e. The van der Waals surface area contributed by atoms with Gasteiger partial charge in [0.25, 0.3) is 5.91 Å². The second-order valence-corrected chi connectivity index (χ2v) is 9.96. The van der Waals surface area contributed by atoms with Crippen LogP contribution < -0.4 is 30.3 Å². The number of hydrogen-bond donors (Lipinski definition) is 3. The minimum atomic E-state index is -0.932. The summed E-state index contributed by atoms with van der Waals surface area (Å²) in [5.74, 6) is -0.707.